The van der Waals surface area contributed by atoms with Crippen molar-refractivity contribution >= 4 is 17.1 Å². The third-order valence-corrected chi connectivity index (χ3v) is 12.5. The van der Waals surface area contributed by atoms with Gasteiger partial charge in [0, 0.05) is 22.4 Å². The lowest BCUT2D eigenvalue weighted by atomic mass is 9.82. The molecular formula is C57H59N. The number of benzene rings is 7. The summed E-state index contributed by atoms with van der Waals surface area (Å²) in [7, 11) is 0. The van der Waals surface area contributed by atoms with Gasteiger partial charge >= 0.3 is 0 Å². The lowest BCUT2D eigenvalue weighted by Gasteiger charge is -2.31. The monoisotopic (exact) mass is 757 g/mol. The van der Waals surface area contributed by atoms with E-state index in [1.807, 2.05) is 0 Å². The van der Waals surface area contributed by atoms with Gasteiger partial charge in [-0.05, 0) is 132 Å². The van der Waals surface area contributed by atoms with Crippen LogP contribution in [0.15, 0.2) is 152 Å². The molecule has 0 unspecified atom stereocenters. The molecule has 1 aliphatic carbocycles. The maximum Gasteiger partial charge on any atom is 0.0540 e. The molecule has 0 aromatic heterocycles. The molecular weight excluding hydrogens is 699 g/mol. The molecule has 0 atom stereocenters. The predicted molar refractivity (Wildman–Crippen MR) is 251 cm³/mol. The topological polar surface area (TPSA) is 3.24 Å². The summed E-state index contributed by atoms with van der Waals surface area (Å²) >= 11 is 0. The maximum atomic E-state index is 2.52. The molecule has 0 bridgehead atoms. The number of hydrogen-bond donors (Lipinski definition) is 0. The predicted octanol–water partition coefficient (Wildman–Crippen LogP) is 17.0. The highest BCUT2D eigenvalue weighted by atomic mass is 15.1. The van der Waals surface area contributed by atoms with Crippen LogP contribution in [0, 0.1) is 0 Å². The van der Waals surface area contributed by atoms with Crippen molar-refractivity contribution in [3.8, 4) is 44.5 Å². The van der Waals surface area contributed by atoms with Crippen LogP contribution in [-0.4, -0.2) is 0 Å². The average Bonchev–Trinajstić information content (AvgIpc) is 3.46. The fourth-order valence-corrected chi connectivity index (χ4v) is 8.88. The second kappa shape index (κ2) is 15.6. The molecule has 0 saturated heterocycles. The Morgan fingerprint density at radius 3 is 1.41 bits per heavy atom. The van der Waals surface area contributed by atoms with Crippen molar-refractivity contribution in [3.63, 3.8) is 0 Å². The van der Waals surface area contributed by atoms with Gasteiger partial charge in [0.05, 0.1) is 5.69 Å². The second-order valence-corrected chi connectivity index (χ2v) is 18.3. The van der Waals surface area contributed by atoms with Gasteiger partial charge < -0.3 is 4.90 Å². The summed E-state index contributed by atoms with van der Waals surface area (Å²) in [6, 6.07) is 57.7. The molecule has 7 aromatic carbocycles. The van der Waals surface area contributed by atoms with Crippen LogP contribution in [0.5, 0.6) is 0 Å². The van der Waals surface area contributed by atoms with E-state index in [-0.39, 0.29) is 5.41 Å². The highest BCUT2D eigenvalue weighted by Gasteiger charge is 2.36. The molecule has 1 heteroatoms. The van der Waals surface area contributed by atoms with E-state index in [9.17, 15) is 0 Å². The normalized spacial score (nSPS) is 13.1. The fourth-order valence-electron chi connectivity index (χ4n) is 8.88. The van der Waals surface area contributed by atoms with Crippen LogP contribution >= 0.6 is 0 Å². The quantitative estimate of drug-likeness (QED) is 0.134. The van der Waals surface area contributed by atoms with Crippen LogP contribution in [0.2, 0.25) is 0 Å². The minimum Gasteiger partial charge on any atom is -0.310 e. The number of nitrogens with zero attached hydrogens (tertiary/aromatic N) is 1. The molecule has 1 aliphatic rings. The Morgan fingerprint density at radius 1 is 0.345 bits per heavy atom. The van der Waals surface area contributed by atoms with Crippen molar-refractivity contribution in [1.29, 1.82) is 0 Å². The number of hydrogen-bond acceptors (Lipinski definition) is 1. The van der Waals surface area contributed by atoms with Crippen molar-refractivity contribution in [2.24, 2.45) is 0 Å². The first-order chi connectivity index (χ1) is 27.8. The van der Waals surface area contributed by atoms with E-state index in [4.69, 9.17) is 0 Å². The maximum absolute atomic E-state index is 2.52. The summed E-state index contributed by atoms with van der Waals surface area (Å²) in [5.41, 5.74) is 21.8. The van der Waals surface area contributed by atoms with Gasteiger partial charge in [0.2, 0.25) is 0 Å². The van der Waals surface area contributed by atoms with Crippen molar-refractivity contribution in [2.45, 2.75) is 98.3 Å². The van der Waals surface area contributed by atoms with Gasteiger partial charge in [-0.15, -0.1) is 0 Å². The average molecular weight is 758 g/mol. The van der Waals surface area contributed by atoms with Gasteiger partial charge in [0.1, 0.15) is 0 Å². The lowest BCUT2D eigenvalue weighted by molar-refractivity contribution is 0.660. The standard InChI is InChI=1S/C57H59N/c1-36(2)41-26-42(37(3)4)28-45(27-41)46-29-43(38(5)6)30-47(32-46)48-31-44(39(7)8)33-50(34-48)58(56-23-17-15-20-51(56)40-18-12-11-13-19-40)49-24-25-53-52-21-14-16-22-54(52)57(9,10)55(53)35-49/h11-39H,1-10H3. The Kier molecular flexibility index (Phi) is 10.5. The van der Waals surface area contributed by atoms with Crippen molar-refractivity contribution < 1.29 is 0 Å². The van der Waals surface area contributed by atoms with Crippen LogP contribution in [0.25, 0.3) is 44.5 Å². The fraction of sp³-hybridized carbons (Fsp3) is 0.263. The van der Waals surface area contributed by atoms with Crippen LogP contribution < -0.4 is 4.90 Å². The highest BCUT2D eigenvalue weighted by Crippen LogP contribution is 2.51. The molecule has 8 rings (SSSR count). The zero-order valence-electron chi connectivity index (χ0n) is 36.2. The SMILES string of the molecule is CC(C)c1cc(-c2cc(C(C)C)cc(C(C)C)c2)cc(-c2cc(C(C)C)cc(N(c3ccc4c(c3)C(C)(C)c3ccccc3-4)c3ccccc3-c3ccccc3)c2)c1. The third kappa shape index (κ3) is 7.33. The van der Waals surface area contributed by atoms with Crippen molar-refractivity contribution in [3.05, 3.63) is 185 Å². The number of fused-ring (bicyclic) bond motifs is 3. The van der Waals surface area contributed by atoms with E-state index in [2.05, 4.69) is 226 Å². The Bertz CT molecular complexity index is 2570. The van der Waals surface area contributed by atoms with Gasteiger partial charge in [-0.25, -0.2) is 0 Å². The minimum absolute atomic E-state index is 0.118. The zero-order chi connectivity index (χ0) is 40.9. The summed E-state index contributed by atoms with van der Waals surface area (Å²) in [4.78, 5) is 2.52. The van der Waals surface area contributed by atoms with Crippen LogP contribution in [0.3, 0.4) is 0 Å². The number of anilines is 3. The van der Waals surface area contributed by atoms with Gasteiger partial charge in [0.15, 0.2) is 0 Å². The molecule has 0 N–H and O–H groups in total. The third-order valence-electron chi connectivity index (χ3n) is 12.5. The highest BCUT2D eigenvalue weighted by molar-refractivity contribution is 5.92. The van der Waals surface area contributed by atoms with E-state index < -0.39 is 0 Å². The molecule has 0 heterocycles. The smallest absolute Gasteiger partial charge is 0.0540 e. The van der Waals surface area contributed by atoms with Crippen LogP contribution in [-0.2, 0) is 5.41 Å². The van der Waals surface area contributed by atoms with Crippen molar-refractivity contribution in [1.82, 2.24) is 0 Å². The van der Waals surface area contributed by atoms with E-state index >= 15 is 0 Å². The van der Waals surface area contributed by atoms with Gasteiger partial charge in [-0.1, -0.05) is 184 Å². The lowest BCUT2D eigenvalue weighted by Crippen LogP contribution is -2.17. The molecule has 292 valence electrons. The number of para-hydroxylation sites is 1. The Hall–Kier alpha value is -5.66. The first-order valence-corrected chi connectivity index (χ1v) is 21.4. The van der Waals surface area contributed by atoms with Crippen molar-refractivity contribution in [2.75, 3.05) is 4.90 Å². The number of rotatable bonds is 10. The molecule has 58 heavy (non-hydrogen) atoms. The molecule has 0 spiro atoms. The van der Waals surface area contributed by atoms with E-state index in [1.54, 1.807) is 0 Å². The van der Waals surface area contributed by atoms with E-state index in [0.717, 1.165) is 5.69 Å². The molecule has 0 radical (unpaired) electrons. The van der Waals surface area contributed by atoms with E-state index in [1.165, 1.54) is 89.3 Å². The molecule has 0 fully saturated rings. The Labute approximate surface area is 348 Å². The zero-order valence-corrected chi connectivity index (χ0v) is 36.2. The van der Waals surface area contributed by atoms with Crippen LogP contribution in [0.4, 0.5) is 17.1 Å². The Morgan fingerprint density at radius 2 is 0.810 bits per heavy atom. The largest absolute Gasteiger partial charge is 0.310 e. The molecule has 7 aromatic rings. The summed E-state index contributed by atoms with van der Waals surface area (Å²) in [6.45, 7) is 23.3. The molecule has 0 aliphatic heterocycles. The van der Waals surface area contributed by atoms with Gasteiger partial charge in [0.25, 0.3) is 0 Å². The molecule has 1 nitrogen and oxygen atoms in total. The summed E-state index contributed by atoms with van der Waals surface area (Å²) in [5, 5.41) is 0. The minimum atomic E-state index is -0.118. The molecule has 0 amide bonds. The summed E-state index contributed by atoms with van der Waals surface area (Å²) in [6.07, 6.45) is 0. The van der Waals surface area contributed by atoms with Crippen LogP contribution in [0.1, 0.15) is 126 Å². The second-order valence-electron chi connectivity index (χ2n) is 18.3. The summed E-state index contributed by atoms with van der Waals surface area (Å²) < 4.78 is 0. The first kappa shape index (κ1) is 39.2. The van der Waals surface area contributed by atoms with Gasteiger partial charge in [-0.2, -0.15) is 0 Å². The molecule has 0 saturated carbocycles. The van der Waals surface area contributed by atoms with Gasteiger partial charge in [-0.3, -0.25) is 0 Å². The first-order valence-electron chi connectivity index (χ1n) is 21.4. The Balaban J connectivity index is 1.37. The van der Waals surface area contributed by atoms with E-state index in [0.29, 0.717) is 23.7 Å². The summed E-state index contributed by atoms with van der Waals surface area (Å²) in [5.74, 6) is 1.64.